The maximum Gasteiger partial charge on any atom is 0.123 e. The SMILES string of the molecule is Oc1ccccc1C1=c2ccc([nH]2)=C(c2ccccc2O)c2ccc([nH]2)C(c2ccccc2O)=c2ccc([nH]2)=C(c2ccccc2O)c2ccc1[nH]2. The lowest BCUT2D eigenvalue weighted by atomic mass is 10.0. The Bertz CT molecular complexity index is 2530. The van der Waals surface area contributed by atoms with Gasteiger partial charge in [0.05, 0.1) is 0 Å². The molecule has 8 bridgehead atoms. The largest absolute Gasteiger partial charge is 0.507 e. The molecule has 252 valence electrons. The molecule has 5 heterocycles. The summed E-state index contributed by atoms with van der Waals surface area (Å²) in [5, 5.41) is 47.6. The maximum absolute atomic E-state index is 11.2. The van der Waals surface area contributed by atoms with E-state index in [1.807, 2.05) is 97.1 Å². The Morgan fingerprint density at radius 3 is 0.712 bits per heavy atom. The van der Waals surface area contributed by atoms with Gasteiger partial charge in [-0.2, -0.15) is 0 Å². The zero-order valence-corrected chi connectivity index (χ0v) is 27.6. The van der Waals surface area contributed by atoms with Crippen LogP contribution in [-0.2, 0) is 0 Å². The third-order valence-electron chi connectivity index (χ3n) is 9.59. The Balaban J connectivity index is 1.47. The highest BCUT2D eigenvalue weighted by Crippen LogP contribution is 2.34. The van der Waals surface area contributed by atoms with Crippen LogP contribution in [0.2, 0.25) is 0 Å². The second kappa shape index (κ2) is 12.2. The molecule has 0 spiro atoms. The van der Waals surface area contributed by atoms with Gasteiger partial charge in [-0.3, -0.25) is 0 Å². The van der Waals surface area contributed by atoms with Gasteiger partial charge in [0.2, 0.25) is 0 Å². The fourth-order valence-electron chi connectivity index (χ4n) is 7.23. The summed E-state index contributed by atoms with van der Waals surface area (Å²) in [6, 6.07) is 44.5. The predicted molar refractivity (Wildman–Crippen MR) is 201 cm³/mol. The van der Waals surface area contributed by atoms with Crippen molar-refractivity contribution in [3.8, 4) is 23.0 Å². The molecular weight excluding hydrogens is 649 g/mol. The number of aromatic nitrogens is 4. The van der Waals surface area contributed by atoms with Gasteiger partial charge >= 0.3 is 0 Å². The number of hydrogen-bond donors (Lipinski definition) is 8. The molecule has 52 heavy (non-hydrogen) atoms. The summed E-state index contributed by atoms with van der Waals surface area (Å²) in [7, 11) is 0. The number of para-hydroxylation sites is 4. The number of phenols is 4. The number of H-pyrrole nitrogens is 4. The molecule has 0 saturated carbocycles. The normalized spacial score (nSPS) is 12.8. The van der Waals surface area contributed by atoms with Crippen LogP contribution in [0.5, 0.6) is 23.0 Å². The van der Waals surface area contributed by atoms with Crippen molar-refractivity contribution in [1.29, 1.82) is 0 Å². The minimum absolute atomic E-state index is 0.115. The lowest BCUT2D eigenvalue weighted by Gasteiger charge is -2.11. The number of benzene rings is 4. The van der Waals surface area contributed by atoms with Crippen LogP contribution in [0.3, 0.4) is 0 Å². The molecule has 8 aromatic rings. The Morgan fingerprint density at radius 1 is 0.250 bits per heavy atom. The van der Waals surface area contributed by atoms with Crippen molar-refractivity contribution >= 4 is 22.3 Å². The van der Waals surface area contributed by atoms with E-state index < -0.39 is 0 Å². The van der Waals surface area contributed by atoms with Crippen LogP contribution in [0.4, 0.5) is 0 Å². The Kier molecular flexibility index (Phi) is 7.22. The van der Waals surface area contributed by atoms with Crippen molar-refractivity contribution in [3.05, 3.63) is 212 Å². The quantitative estimate of drug-likeness (QED) is 0.131. The van der Waals surface area contributed by atoms with Gasteiger partial charge in [-0.05, 0) is 72.8 Å². The third kappa shape index (κ3) is 5.09. The van der Waals surface area contributed by atoms with Crippen LogP contribution >= 0.6 is 0 Å². The van der Waals surface area contributed by atoms with Crippen LogP contribution in [0.25, 0.3) is 22.3 Å². The Labute approximate surface area is 297 Å². The van der Waals surface area contributed by atoms with Gasteiger partial charge in [0.15, 0.2) is 0 Å². The van der Waals surface area contributed by atoms with E-state index in [0.717, 1.165) is 66.5 Å². The number of hydrogen-bond acceptors (Lipinski definition) is 4. The summed E-state index contributed by atoms with van der Waals surface area (Å²) >= 11 is 0. The summed E-state index contributed by atoms with van der Waals surface area (Å²) in [6.07, 6.45) is 0. The van der Waals surface area contributed by atoms with Gasteiger partial charge in [-0.15, -0.1) is 0 Å². The minimum atomic E-state index is 0.115. The van der Waals surface area contributed by atoms with Crippen LogP contribution in [0, 0.1) is 0 Å². The number of nitrogens with one attached hydrogen (secondary N) is 4. The van der Waals surface area contributed by atoms with Crippen LogP contribution in [-0.4, -0.2) is 40.4 Å². The lowest BCUT2D eigenvalue weighted by molar-refractivity contribution is 0.473. The second-order valence-corrected chi connectivity index (χ2v) is 12.7. The van der Waals surface area contributed by atoms with E-state index in [-0.39, 0.29) is 23.0 Å². The van der Waals surface area contributed by atoms with Crippen LogP contribution in [0.15, 0.2) is 146 Å². The minimum Gasteiger partial charge on any atom is -0.507 e. The van der Waals surface area contributed by atoms with E-state index in [9.17, 15) is 20.4 Å². The number of aromatic hydroxyl groups is 4. The zero-order chi connectivity index (χ0) is 35.3. The molecule has 1 aliphatic rings. The van der Waals surface area contributed by atoms with Crippen LogP contribution in [0.1, 0.15) is 45.0 Å². The molecule has 1 aliphatic heterocycles. The van der Waals surface area contributed by atoms with Gasteiger partial charge < -0.3 is 40.4 Å². The molecule has 4 aromatic heterocycles. The molecule has 0 fully saturated rings. The van der Waals surface area contributed by atoms with E-state index >= 15 is 0 Å². The first-order valence-electron chi connectivity index (χ1n) is 16.8. The highest BCUT2D eigenvalue weighted by atomic mass is 16.3. The smallest absolute Gasteiger partial charge is 0.123 e. The Morgan fingerprint density at radius 2 is 0.481 bits per heavy atom. The summed E-state index contributed by atoms with van der Waals surface area (Å²) in [4.78, 5) is 14.5. The van der Waals surface area contributed by atoms with Crippen molar-refractivity contribution in [3.63, 3.8) is 0 Å². The number of aromatic amines is 4. The summed E-state index contributed by atoms with van der Waals surface area (Å²) in [5.74, 6) is 0.460. The second-order valence-electron chi connectivity index (χ2n) is 12.7. The number of rotatable bonds is 4. The maximum atomic E-state index is 11.2. The van der Waals surface area contributed by atoms with Gasteiger partial charge in [0.1, 0.15) is 23.0 Å². The fraction of sp³-hybridized carbons (Fsp3) is 0. The fourth-order valence-corrected chi connectivity index (χ4v) is 7.23. The summed E-state index contributed by atoms with van der Waals surface area (Å²) < 4.78 is 0. The molecule has 9 rings (SSSR count). The zero-order valence-electron chi connectivity index (χ0n) is 27.6. The highest BCUT2D eigenvalue weighted by Gasteiger charge is 2.21. The summed E-state index contributed by atoms with van der Waals surface area (Å²) in [5.41, 5.74) is 8.28. The number of fused-ring (bicyclic) bond motifs is 8. The first-order valence-corrected chi connectivity index (χ1v) is 16.8. The first-order chi connectivity index (χ1) is 25.4. The summed E-state index contributed by atoms with van der Waals surface area (Å²) in [6.45, 7) is 0. The van der Waals surface area contributed by atoms with Gasteiger partial charge in [0.25, 0.3) is 0 Å². The first kappa shape index (κ1) is 30.7. The highest BCUT2D eigenvalue weighted by molar-refractivity contribution is 5.87. The molecular formula is C44H32N4O4. The lowest BCUT2D eigenvalue weighted by Crippen LogP contribution is -2.19. The predicted octanol–water partition coefficient (Wildman–Crippen LogP) is 5.12. The third-order valence-corrected chi connectivity index (χ3v) is 9.59. The standard InChI is InChI=1S/C44H32N4O4/c49-37-13-5-1-9-25(37)41-29-17-19-31(45-29)42(26-10-2-6-14-38(26)50)33-21-23-35(47-33)44(28-12-4-8-16-40(28)52)36-24-22-34(48-36)43(32-20-18-30(41)46-32)27-11-3-7-15-39(27)51/h1-24,45-52H. The molecule has 0 radical (unpaired) electrons. The molecule has 0 saturated heterocycles. The molecule has 0 atom stereocenters. The molecule has 4 aromatic carbocycles. The van der Waals surface area contributed by atoms with E-state index in [4.69, 9.17) is 0 Å². The van der Waals surface area contributed by atoms with Crippen molar-refractivity contribution in [2.75, 3.05) is 0 Å². The molecule has 0 unspecified atom stereocenters. The van der Waals surface area contributed by atoms with Crippen molar-refractivity contribution in [2.24, 2.45) is 0 Å². The van der Waals surface area contributed by atoms with E-state index in [0.29, 0.717) is 22.3 Å². The van der Waals surface area contributed by atoms with Crippen molar-refractivity contribution in [1.82, 2.24) is 19.9 Å². The van der Waals surface area contributed by atoms with E-state index in [1.54, 1.807) is 48.5 Å². The van der Waals surface area contributed by atoms with Crippen molar-refractivity contribution < 1.29 is 20.4 Å². The molecule has 0 aliphatic carbocycles. The van der Waals surface area contributed by atoms with Gasteiger partial charge in [-0.1, -0.05) is 72.8 Å². The van der Waals surface area contributed by atoms with Crippen molar-refractivity contribution in [2.45, 2.75) is 0 Å². The van der Waals surface area contributed by atoms with E-state index in [2.05, 4.69) is 19.9 Å². The molecule has 8 heteroatoms. The Hall–Kier alpha value is -7.32. The van der Waals surface area contributed by atoms with Gasteiger partial charge in [-0.25, -0.2) is 0 Å². The van der Waals surface area contributed by atoms with Crippen LogP contribution < -0.4 is 21.4 Å². The average Bonchev–Trinajstić information content (AvgIpc) is 3.99. The van der Waals surface area contributed by atoms with E-state index in [1.165, 1.54) is 0 Å². The molecule has 0 amide bonds. The van der Waals surface area contributed by atoms with Gasteiger partial charge in [0, 0.05) is 88.7 Å². The average molecular weight is 681 g/mol. The molecule has 8 nitrogen and oxygen atoms in total. The number of phenolic OH excluding ortho intramolecular Hbond substituents is 4. The molecule has 8 N–H and O–H groups in total. The monoisotopic (exact) mass is 680 g/mol. The topological polar surface area (TPSA) is 144 Å².